The molecule has 0 aromatic heterocycles. The van der Waals surface area contributed by atoms with Gasteiger partial charge in [0.15, 0.2) is 12.4 Å². The second-order valence-corrected chi connectivity index (χ2v) is 10.4. The summed E-state index contributed by atoms with van der Waals surface area (Å²) in [6.45, 7) is -1.15. The Morgan fingerprint density at radius 1 is 0.636 bits per heavy atom. The van der Waals surface area contributed by atoms with Crippen LogP contribution in [-0.4, -0.2) is 78.1 Å². The molecule has 1 rings (SSSR count). The zero-order chi connectivity index (χ0) is 25.7. The lowest BCUT2D eigenvalue weighted by molar-refractivity contribution is -0.638. The zero-order valence-electron chi connectivity index (χ0n) is 16.4. The third-order valence-electron chi connectivity index (χ3n) is 3.46. The van der Waals surface area contributed by atoms with Crippen LogP contribution in [0.3, 0.4) is 0 Å². The maximum absolute atomic E-state index is 11.9. The highest BCUT2D eigenvalue weighted by Crippen LogP contribution is 2.32. The summed E-state index contributed by atoms with van der Waals surface area (Å²) in [6.07, 6.45) is -10.7. The SMILES string of the molecule is CO[C@@H]1O[C@H](COS(=O)(=O)O[NH3+])[C@@H](OS(=O)(=O)O[NH3+])[C@H](OS(=O)(=O)O[NH3+])[C@H]1OS(=O)(=O)O[NH3+]. The Labute approximate surface area is 186 Å². The van der Waals surface area contributed by atoms with Crippen molar-refractivity contribution >= 4 is 41.6 Å². The van der Waals surface area contributed by atoms with Gasteiger partial charge in [0.25, 0.3) is 0 Å². The molecule has 0 aliphatic carbocycles. The molecule has 26 heteroatoms. The summed E-state index contributed by atoms with van der Waals surface area (Å²) in [6, 6.07) is 0. The van der Waals surface area contributed by atoms with E-state index in [1.807, 2.05) is 0 Å². The molecule has 1 aliphatic heterocycles. The fraction of sp³-hybridized carbons (Fsp3) is 1.00. The molecular formula is C7H22N4O18S4+4. The van der Waals surface area contributed by atoms with Crippen LogP contribution >= 0.6 is 0 Å². The van der Waals surface area contributed by atoms with Crippen molar-refractivity contribution in [1.82, 2.24) is 0 Å². The predicted octanol–water partition coefficient (Wildman–Crippen LogP) is -8.80. The minimum Gasteiger partial charge on any atom is -0.353 e. The third kappa shape index (κ3) is 9.08. The Morgan fingerprint density at radius 3 is 1.42 bits per heavy atom. The smallest absolute Gasteiger partial charge is 0.353 e. The average molecular weight is 579 g/mol. The standard InChI is InChI=1S/C7H22N4O18S4/c1-20-7-6(25-33(18,19)29-11)5(24-32(16,17)28-10)4(23-31(14,15)27-9)3(22-7)2-21-30(12,13)26-8/h3-7H,2H2,1,8-11H3/q+4/t3-,4-,5+,6-,7-/m1/s1. The Morgan fingerprint density at radius 2 is 1.03 bits per heavy atom. The Bertz CT molecular complexity index is 1060. The van der Waals surface area contributed by atoms with Crippen LogP contribution in [0.15, 0.2) is 0 Å². The molecule has 5 atom stereocenters. The van der Waals surface area contributed by atoms with Gasteiger partial charge in [0.2, 0.25) is 0 Å². The van der Waals surface area contributed by atoms with Gasteiger partial charge in [-0.2, -0.15) is 57.3 Å². The van der Waals surface area contributed by atoms with Crippen molar-refractivity contribution in [3.05, 3.63) is 0 Å². The molecule has 0 bridgehead atoms. The van der Waals surface area contributed by atoms with Gasteiger partial charge in [-0.3, -0.25) is 0 Å². The minimum atomic E-state index is -5.09. The molecule has 0 unspecified atom stereocenters. The first kappa shape index (κ1) is 30.3. The highest BCUT2D eigenvalue weighted by molar-refractivity contribution is 7.82. The molecule has 1 aliphatic rings. The third-order valence-corrected chi connectivity index (χ3v) is 6.42. The van der Waals surface area contributed by atoms with Crippen molar-refractivity contribution in [3.8, 4) is 0 Å². The van der Waals surface area contributed by atoms with E-state index in [2.05, 4.69) is 57.5 Å². The Balaban J connectivity index is 3.59. The molecule has 0 saturated carbocycles. The number of methoxy groups -OCH3 is 1. The summed E-state index contributed by atoms with van der Waals surface area (Å²) in [5.41, 5.74) is 0. The van der Waals surface area contributed by atoms with E-state index in [4.69, 9.17) is 9.47 Å². The van der Waals surface area contributed by atoms with Crippen LogP contribution in [0.25, 0.3) is 0 Å². The van der Waals surface area contributed by atoms with Gasteiger partial charge < -0.3 is 9.47 Å². The molecule has 0 amide bonds. The lowest BCUT2D eigenvalue weighted by Crippen LogP contribution is -2.65. The zero-order valence-corrected chi connectivity index (χ0v) is 19.7. The molecular weight excluding hydrogens is 556 g/mol. The first-order chi connectivity index (χ1) is 15.1. The van der Waals surface area contributed by atoms with E-state index in [-0.39, 0.29) is 0 Å². The summed E-state index contributed by atoms with van der Waals surface area (Å²) in [7, 11) is -19.0. The predicted molar refractivity (Wildman–Crippen MR) is 87.8 cm³/mol. The quantitative estimate of drug-likeness (QED) is 0.139. The number of rotatable bonds is 14. The van der Waals surface area contributed by atoms with Crippen LogP contribution in [0, 0.1) is 0 Å². The fourth-order valence-corrected chi connectivity index (χ4v) is 4.21. The van der Waals surface area contributed by atoms with Crippen molar-refractivity contribution in [2.45, 2.75) is 30.7 Å². The normalized spacial score (nSPS) is 27.5. The molecule has 0 radical (unpaired) electrons. The van der Waals surface area contributed by atoms with Crippen molar-refractivity contribution < 1.29 is 101 Å². The molecule has 1 heterocycles. The van der Waals surface area contributed by atoms with E-state index in [0.717, 1.165) is 7.11 Å². The van der Waals surface area contributed by atoms with E-state index in [1.165, 1.54) is 0 Å². The largest absolute Gasteiger partial charge is 0.444 e. The molecule has 1 fully saturated rings. The molecule has 198 valence electrons. The number of hydrogen-bond donors (Lipinski definition) is 4. The lowest BCUT2D eigenvalue weighted by Gasteiger charge is -2.42. The summed E-state index contributed by atoms with van der Waals surface area (Å²) >= 11 is 0. The summed E-state index contributed by atoms with van der Waals surface area (Å²) in [4.78, 5) is 0. The second-order valence-electron chi connectivity index (χ2n) is 5.35. The van der Waals surface area contributed by atoms with E-state index in [1.54, 1.807) is 0 Å². The average Bonchev–Trinajstić information content (AvgIpc) is 2.75. The van der Waals surface area contributed by atoms with E-state index < -0.39 is 78.9 Å². The van der Waals surface area contributed by atoms with Gasteiger partial charge in [0.1, 0.15) is 18.3 Å². The monoisotopic (exact) mass is 578 g/mol. The van der Waals surface area contributed by atoms with Gasteiger partial charge in [0, 0.05) is 7.11 Å². The first-order valence-electron chi connectivity index (χ1n) is 7.67. The van der Waals surface area contributed by atoms with E-state index >= 15 is 0 Å². The van der Waals surface area contributed by atoms with Crippen LogP contribution in [-0.2, 0) is 84.9 Å². The van der Waals surface area contributed by atoms with Crippen molar-refractivity contribution in [3.63, 3.8) is 0 Å². The van der Waals surface area contributed by atoms with Gasteiger partial charge in [-0.15, -0.1) is 0 Å². The number of hydrogen-bond acceptors (Lipinski definition) is 18. The Hall–Kier alpha value is -0.760. The second kappa shape index (κ2) is 11.8. The maximum Gasteiger partial charge on any atom is 0.444 e. The van der Waals surface area contributed by atoms with Crippen molar-refractivity contribution in [2.24, 2.45) is 0 Å². The summed E-state index contributed by atoms with van der Waals surface area (Å²) < 4.78 is 137. The highest BCUT2D eigenvalue weighted by Gasteiger charge is 2.55. The van der Waals surface area contributed by atoms with Crippen LogP contribution in [0.2, 0.25) is 0 Å². The van der Waals surface area contributed by atoms with Crippen LogP contribution in [0.5, 0.6) is 0 Å². The first-order valence-corrected chi connectivity index (χ1v) is 13.0. The van der Waals surface area contributed by atoms with E-state index in [9.17, 15) is 33.7 Å². The Kier molecular flexibility index (Phi) is 10.8. The summed E-state index contributed by atoms with van der Waals surface area (Å²) in [5, 5.41) is 0. The topological polar surface area (TPSA) is 339 Å². The van der Waals surface area contributed by atoms with E-state index in [0.29, 0.717) is 0 Å². The van der Waals surface area contributed by atoms with Gasteiger partial charge in [-0.05, 0) is 0 Å². The molecule has 0 aromatic carbocycles. The fourth-order valence-electron chi connectivity index (χ4n) is 2.21. The van der Waals surface area contributed by atoms with Crippen molar-refractivity contribution in [1.29, 1.82) is 0 Å². The van der Waals surface area contributed by atoms with Gasteiger partial charge in [0.05, 0.1) is 6.61 Å². The van der Waals surface area contributed by atoms with Crippen LogP contribution in [0.1, 0.15) is 0 Å². The minimum absolute atomic E-state index is 0.910. The summed E-state index contributed by atoms with van der Waals surface area (Å²) in [5.74, 6) is 10.4. The molecule has 33 heavy (non-hydrogen) atoms. The van der Waals surface area contributed by atoms with Gasteiger partial charge >= 0.3 is 41.6 Å². The van der Waals surface area contributed by atoms with Gasteiger partial charge in [-0.1, -0.05) is 17.1 Å². The van der Waals surface area contributed by atoms with Crippen molar-refractivity contribution in [2.75, 3.05) is 13.7 Å². The van der Waals surface area contributed by atoms with Crippen LogP contribution in [0.4, 0.5) is 0 Å². The molecule has 0 aromatic rings. The highest BCUT2D eigenvalue weighted by atomic mass is 32.3. The molecule has 22 nitrogen and oxygen atoms in total. The molecule has 12 N–H and O–H groups in total. The maximum atomic E-state index is 11.9. The lowest BCUT2D eigenvalue weighted by atomic mass is 9.99. The molecule has 1 saturated heterocycles. The number of ether oxygens (including phenoxy) is 2. The van der Waals surface area contributed by atoms with Gasteiger partial charge in [-0.25, -0.2) is 16.7 Å². The molecule has 0 spiro atoms. The number of quaternary nitrogens is 4. The van der Waals surface area contributed by atoms with Crippen LogP contribution < -0.4 is 23.6 Å².